The fourth-order valence-corrected chi connectivity index (χ4v) is 1.63. The summed E-state index contributed by atoms with van der Waals surface area (Å²) in [7, 11) is 0. The molecule has 1 rings (SSSR count). The van der Waals surface area contributed by atoms with Crippen molar-refractivity contribution in [2.45, 2.75) is 39.2 Å². The van der Waals surface area contributed by atoms with Crippen molar-refractivity contribution in [3.63, 3.8) is 0 Å². The number of nitrogens with zero attached hydrogens (tertiary/aromatic N) is 2. The van der Waals surface area contributed by atoms with Gasteiger partial charge in [-0.2, -0.15) is 5.26 Å². The molecular formula is C13H16ClN3O. The van der Waals surface area contributed by atoms with E-state index < -0.39 is 6.04 Å². The molecule has 0 aliphatic rings. The van der Waals surface area contributed by atoms with E-state index in [4.69, 9.17) is 16.9 Å². The van der Waals surface area contributed by atoms with E-state index in [9.17, 15) is 4.79 Å². The van der Waals surface area contributed by atoms with Crippen molar-refractivity contribution in [2.75, 3.05) is 0 Å². The number of amides is 1. The van der Waals surface area contributed by atoms with Crippen molar-refractivity contribution in [1.29, 1.82) is 5.26 Å². The van der Waals surface area contributed by atoms with Crippen LogP contribution in [0.1, 0.15) is 49.2 Å². The average molecular weight is 266 g/mol. The van der Waals surface area contributed by atoms with Crippen molar-refractivity contribution in [3.8, 4) is 6.07 Å². The van der Waals surface area contributed by atoms with Crippen LogP contribution in [0.3, 0.4) is 0 Å². The van der Waals surface area contributed by atoms with Crippen molar-refractivity contribution >= 4 is 17.5 Å². The number of aromatic nitrogens is 1. The SMILES string of the molecule is CCC(C#N)NC(=O)c1cc(Cl)nc(C(C)C)c1. The molecule has 4 nitrogen and oxygen atoms in total. The number of nitriles is 1. The van der Waals surface area contributed by atoms with Crippen LogP contribution in [0.2, 0.25) is 5.15 Å². The molecule has 1 unspecified atom stereocenters. The van der Waals surface area contributed by atoms with Crippen molar-refractivity contribution in [1.82, 2.24) is 10.3 Å². The summed E-state index contributed by atoms with van der Waals surface area (Å²) < 4.78 is 0. The maximum absolute atomic E-state index is 12.0. The molecule has 1 heterocycles. The predicted molar refractivity (Wildman–Crippen MR) is 70.5 cm³/mol. The molecule has 0 aliphatic carbocycles. The van der Waals surface area contributed by atoms with E-state index in [0.29, 0.717) is 12.0 Å². The molecule has 0 aromatic carbocycles. The lowest BCUT2D eigenvalue weighted by molar-refractivity contribution is 0.0944. The fourth-order valence-electron chi connectivity index (χ4n) is 1.41. The van der Waals surface area contributed by atoms with E-state index in [1.807, 2.05) is 26.8 Å². The molecule has 1 aromatic rings. The highest BCUT2D eigenvalue weighted by Gasteiger charge is 2.14. The minimum absolute atomic E-state index is 0.188. The Balaban J connectivity index is 2.96. The van der Waals surface area contributed by atoms with Gasteiger partial charge in [0, 0.05) is 11.3 Å². The molecule has 0 bridgehead atoms. The van der Waals surface area contributed by atoms with Gasteiger partial charge in [-0.15, -0.1) is 0 Å². The van der Waals surface area contributed by atoms with Gasteiger partial charge in [0.1, 0.15) is 11.2 Å². The summed E-state index contributed by atoms with van der Waals surface area (Å²) in [5.74, 6) is -0.109. The molecule has 1 N–H and O–H groups in total. The highest BCUT2D eigenvalue weighted by molar-refractivity contribution is 6.29. The summed E-state index contributed by atoms with van der Waals surface area (Å²) >= 11 is 5.89. The smallest absolute Gasteiger partial charge is 0.252 e. The summed E-state index contributed by atoms with van der Waals surface area (Å²) in [6.45, 7) is 5.79. The molecule has 96 valence electrons. The predicted octanol–water partition coefficient (Wildman–Crippen LogP) is 2.89. The van der Waals surface area contributed by atoms with E-state index in [-0.39, 0.29) is 17.0 Å². The van der Waals surface area contributed by atoms with Crippen molar-refractivity contribution in [2.24, 2.45) is 0 Å². The normalized spacial score (nSPS) is 12.0. The highest BCUT2D eigenvalue weighted by Crippen LogP contribution is 2.17. The maximum atomic E-state index is 12.0. The third kappa shape index (κ3) is 3.71. The van der Waals surface area contributed by atoms with Crippen LogP contribution in [0.5, 0.6) is 0 Å². The zero-order valence-electron chi connectivity index (χ0n) is 10.7. The fraction of sp³-hybridized carbons (Fsp3) is 0.462. The molecule has 0 radical (unpaired) electrons. The number of nitrogens with one attached hydrogen (secondary N) is 1. The van der Waals surface area contributed by atoms with Gasteiger partial charge in [-0.1, -0.05) is 32.4 Å². The minimum atomic E-state index is -0.480. The third-order valence-corrected chi connectivity index (χ3v) is 2.73. The van der Waals surface area contributed by atoms with Gasteiger partial charge in [0.25, 0.3) is 5.91 Å². The summed E-state index contributed by atoms with van der Waals surface area (Å²) in [5, 5.41) is 11.7. The second kappa shape index (κ2) is 6.36. The van der Waals surface area contributed by atoms with Crippen LogP contribution in [-0.4, -0.2) is 16.9 Å². The van der Waals surface area contributed by atoms with Crippen LogP contribution >= 0.6 is 11.6 Å². The first-order valence-corrected chi connectivity index (χ1v) is 6.23. The number of rotatable bonds is 4. The first kappa shape index (κ1) is 14.5. The second-order valence-corrected chi connectivity index (χ2v) is 4.71. The number of carbonyl (C=O) groups excluding carboxylic acids is 1. The van der Waals surface area contributed by atoms with Gasteiger partial charge in [-0.25, -0.2) is 4.98 Å². The van der Waals surface area contributed by atoms with Gasteiger partial charge < -0.3 is 5.32 Å². The number of hydrogen-bond donors (Lipinski definition) is 1. The standard InChI is InChI=1S/C13H16ClN3O/c1-4-10(7-15)16-13(18)9-5-11(8(2)3)17-12(14)6-9/h5-6,8,10H,4H2,1-3H3,(H,16,18). The van der Waals surface area contributed by atoms with E-state index in [2.05, 4.69) is 10.3 Å². The zero-order chi connectivity index (χ0) is 13.7. The van der Waals surface area contributed by atoms with Crippen LogP contribution in [0.15, 0.2) is 12.1 Å². The Labute approximate surface area is 112 Å². The highest BCUT2D eigenvalue weighted by atomic mass is 35.5. The molecule has 0 saturated carbocycles. The van der Waals surface area contributed by atoms with Crippen LogP contribution in [0.25, 0.3) is 0 Å². The molecule has 1 amide bonds. The number of carbonyl (C=O) groups is 1. The Morgan fingerprint density at radius 2 is 2.22 bits per heavy atom. The molecule has 1 aromatic heterocycles. The molecule has 0 spiro atoms. The Hall–Kier alpha value is -1.60. The van der Waals surface area contributed by atoms with Gasteiger partial charge in [0.15, 0.2) is 0 Å². The monoisotopic (exact) mass is 265 g/mol. The van der Waals surface area contributed by atoms with E-state index in [1.54, 1.807) is 6.07 Å². The number of halogens is 1. The second-order valence-electron chi connectivity index (χ2n) is 4.32. The molecule has 18 heavy (non-hydrogen) atoms. The summed E-state index contributed by atoms with van der Waals surface area (Å²) in [4.78, 5) is 16.1. The van der Waals surface area contributed by atoms with Crippen LogP contribution in [-0.2, 0) is 0 Å². The first-order valence-electron chi connectivity index (χ1n) is 5.85. The van der Waals surface area contributed by atoms with Gasteiger partial charge in [-0.05, 0) is 24.5 Å². The summed E-state index contributed by atoms with van der Waals surface area (Å²) in [5.41, 5.74) is 1.20. The quantitative estimate of drug-likeness (QED) is 0.852. The molecule has 0 fully saturated rings. The number of pyridine rings is 1. The Kier molecular flexibility index (Phi) is 5.11. The minimum Gasteiger partial charge on any atom is -0.336 e. The van der Waals surface area contributed by atoms with Crippen molar-refractivity contribution < 1.29 is 4.79 Å². The van der Waals surface area contributed by atoms with E-state index >= 15 is 0 Å². The van der Waals surface area contributed by atoms with Gasteiger partial charge in [0.05, 0.1) is 6.07 Å². The third-order valence-electron chi connectivity index (χ3n) is 2.54. The Morgan fingerprint density at radius 1 is 1.56 bits per heavy atom. The van der Waals surface area contributed by atoms with Gasteiger partial charge in [0.2, 0.25) is 0 Å². The zero-order valence-corrected chi connectivity index (χ0v) is 11.5. The lowest BCUT2D eigenvalue weighted by Crippen LogP contribution is -2.33. The van der Waals surface area contributed by atoms with E-state index in [1.165, 1.54) is 6.07 Å². The van der Waals surface area contributed by atoms with Crippen LogP contribution < -0.4 is 5.32 Å². The van der Waals surface area contributed by atoms with Crippen LogP contribution in [0.4, 0.5) is 0 Å². The molecular weight excluding hydrogens is 250 g/mol. The summed E-state index contributed by atoms with van der Waals surface area (Å²) in [6, 6.07) is 4.76. The topological polar surface area (TPSA) is 65.8 Å². The lowest BCUT2D eigenvalue weighted by atomic mass is 10.1. The molecule has 1 atom stereocenters. The average Bonchev–Trinajstić information content (AvgIpc) is 2.34. The Bertz CT molecular complexity index is 480. The van der Waals surface area contributed by atoms with Crippen LogP contribution in [0, 0.1) is 11.3 Å². The molecule has 0 saturated heterocycles. The first-order chi connectivity index (χ1) is 8.47. The van der Waals surface area contributed by atoms with Gasteiger partial charge in [-0.3, -0.25) is 4.79 Å². The molecule has 0 aliphatic heterocycles. The van der Waals surface area contributed by atoms with Gasteiger partial charge >= 0.3 is 0 Å². The Morgan fingerprint density at radius 3 is 2.72 bits per heavy atom. The van der Waals surface area contributed by atoms with E-state index in [0.717, 1.165) is 5.69 Å². The maximum Gasteiger partial charge on any atom is 0.252 e. The number of hydrogen-bond acceptors (Lipinski definition) is 3. The molecule has 5 heteroatoms. The van der Waals surface area contributed by atoms with Crippen molar-refractivity contribution in [3.05, 3.63) is 28.5 Å². The lowest BCUT2D eigenvalue weighted by Gasteiger charge is -2.11. The largest absolute Gasteiger partial charge is 0.336 e. The summed E-state index contributed by atoms with van der Waals surface area (Å²) in [6.07, 6.45) is 0.568.